The average Bonchev–Trinajstić information content (AvgIpc) is 2.74. The van der Waals surface area contributed by atoms with Crippen molar-refractivity contribution in [1.82, 2.24) is 9.78 Å². The fourth-order valence-electron chi connectivity index (χ4n) is 2.85. The van der Waals surface area contributed by atoms with Gasteiger partial charge in [0.25, 0.3) is 5.56 Å². The first-order valence-electron chi connectivity index (χ1n) is 9.23. The van der Waals surface area contributed by atoms with E-state index in [1.165, 1.54) is 6.08 Å². The number of hydrogen-bond acceptors (Lipinski definition) is 5. The maximum atomic E-state index is 12.8. The molecule has 150 valence electrons. The Bertz CT molecular complexity index is 1200. The second-order valence-corrected chi connectivity index (χ2v) is 6.44. The molecule has 3 rings (SSSR count). The number of nitriles is 1. The van der Waals surface area contributed by atoms with E-state index in [9.17, 15) is 20.0 Å². The van der Waals surface area contributed by atoms with Crippen LogP contribution in [0.25, 0.3) is 17.8 Å². The number of ether oxygens (including phenoxy) is 1. The zero-order valence-corrected chi connectivity index (χ0v) is 16.5. The lowest BCUT2D eigenvalue weighted by atomic mass is 10.1. The molecule has 0 atom stereocenters. The number of nitrogens with zero attached hydrogens (tertiary/aromatic N) is 3. The maximum absolute atomic E-state index is 12.8. The summed E-state index contributed by atoms with van der Waals surface area (Å²) in [6, 6.07) is 15.8. The molecular formula is C23H19N3O4. The molecule has 0 saturated heterocycles. The van der Waals surface area contributed by atoms with E-state index < -0.39 is 11.5 Å². The van der Waals surface area contributed by atoms with Gasteiger partial charge in [-0.05, 0) is 43.7 Å². The molecule has 0 aliphatic rings. The van der Waals surface area contributed by atoms with Gasteiger partial charge in [-0.25, -0.2) is 4.79 Å². The number of aryl methyl sites for hydroxylation is 1. The van der Waals surface area contributed by atoms with Crippen molar-refractivity contribution in [2.24, 2.45) is 0 Å². The molecule has 30 heavy (non-hydrogen) atoms. The number of carboxylic acids is 1. The van der Waals surface area contributed by atoms with E-state index in [2.05, 4.69) is 5.10 Å². The molecule has 0 fully saturated rings. The van der Waals surface area contributed by atoms with E-state index in [-0.39, 0.29) is 16.8 Å². The number of carboxylic acid groups (broad SMARTS) is 1. The van der Waals surface area contributed by atoms with Crippen LogP contribution < -0.4 is 10.3 Å². The summed E-state index contributed by atoms with van der Waals surface area (Å²) in [7, 11) is 0. The van der Waals surface area contributed by atoms with Crippen LogP contribution in [-0.2, 0) is 0 Å². The van der Waals surface area contributed by atoms with Gasteiger partial charge in [0.2, 0.25) is 0 Å². The third kappa shape index (κ3) is 4.28. The van der Waals surface area contributed by atoms with Gasteiger partial charge < -0.3 is 9.84 Å². The zero-order valence-electron chi connectivity index (χ0n) is 16.5. The van der Waals surface area contributed by atoms with Gasteiger partial charge in [-0.2, -0.15) is 15.0 Å². The maximum Gasteiger partial charge on any atom is 0.357 e. The van der Waals surface area contributed by atoms with E-state index in [0.717, 1.165) is 15.8 Å². The van der Waals surface area contributed by atoms with Crippen molar-refractivity contribution < 1.29 is 14.6 Å². The van der Waals surface area contributed by atoms with Crippen molar-refractivity contribution in [2.45, 2.75) is 13.8 Å². The molecule has 7 nitrogen and oxygen atoms in total. The first-order chi connectivity index (χ1) is 14.4. The van der Waals surface area contributed by atoms with Gasteiger partial charge in [-0.1, -0.05) is 42.0 Å². The second kappa shape index (κ2) is 8.88. The van der Waals surface area contributed by atoms with Crippen LogP contribution in [0.4, 0.5) is 0 Å². The molecule has 0 unspecified atom stereocenters. The van der Waals surface area contributed by atoms with Crippen LogP contribution >= 0.6 is 0 Å². The van der Waals surface area contributed by atoms with E-state index in [1.54, 1.807) is 54.6 Å². The van der Waals surface area contributed by atoms with Crippen molar-refractivity contribution in [3.63, 3.8) is 0 Å². The Hall–Kier alpha value is -4.18. The minimum absolute atomic E-state index is 0.0350. The molecular weight excluding hydrogens is 382 g/mol. The van der Waals surface area contributed by atoms with Gasteiger partial charge in [0, 0.05) is 5.56 Å². The Kier molecular flexibility index (Phi) is 6.08. The fourth-order valence-corrected chi connectivity index (χ4v) is 2.85. The molecule has 0 bridgehead atoms. The van der Waals surface area contributed by atoms with E-state index >= 15 is 0 Å². The molecule has 1 N–H and O–H groups in total. The van der Waals surface area contributed by atoms with Crippen molar-refractivity contribution in [2.75, 3.05) is 6.61 Å². The van der Waals surface area contributed by atoms with E-state index in [1.807, 2.05) is 19.9 Å². The molecule has 0 amide bonds. The number of benzene rings is 2. The molecule has 0 spiro atoms. The summed E-state index contributed by atoms with van der Waals surface area (Å²) in [4.78, 5) is 24.7. The lowest BCUT2D eigenvalue weighted by molar-refractivity contribution is 0.0688. The van der Waals surface area contributed by atoms with E-state index in [0.29, 0.717) is 18.0 Å². The van der Waals surface area contributed by atoms with Crippen LogP contribution in [0.3, 0.4) is 0 Å². The molecule has 2 aromatic carbocycles. The molecule has 0 aliphatic heterocycles. The summed E-state index contributed by atoms with van der Waals surface area (Å²) in [5, 5.41) is 23.2. The third-order valence-electron chi connectivity index (χ3n) is 4.36. The largest absolute Gasteiger partial charge is 0.494 e. The molecule has 0 aliphatic carbocycles. The lowest BCUT2D eigenvalue weighted by Gasteiger charge is -2.10. The molecule has 7 heteroatoms. The molecule has 0 radical (unpaired) electrons. The zero-order chi connectivity index (χ0) is 21.7. The normalized spacial score (nSPS) is 10.7. The van der Waals surface area contributed by atoms with Crippen molar-refractivity contribution in [3.8, 4) is 17.5 Å². The summed E-state index contributed by atoms with van der Waals surface area (Å²) in [5.41, 5.74) is 0.720. The minimum atomic E-state index is -1.33. The van der Waals surface area contributed by atoms with Crippen LogP contribution in [0, 0.1) is 18.3 Å². The first-order valence-corrected chi connectivity index (χ1v) is 9.23. The van der Waals surface area contributed by atoms with E-state index in [4.69, 9.17) is 4.74 Å². The van der Waals surface area contributed by atoms with Gasteiger partial charge >= 0.3 is 5.97 Å². The van der Waals surface area contributed by atoms with Crippen LogP contribution in [0.5, 0.6) is 5.75 Å². The Morgan fingerprint density at radius 3 is 2.40 bits per heavy atom. The fraction of sp³-hybridized carbons (Fsp3) is 0.130. The SMILES string of the molecule is CCOc1ccc(/C=C\c2c(C(=O)O)nn(-c3ccc(C)cc3)c(=O)c2C#N)cc1. The van der Waals surface area contributed by atoms with Crippen molar-refractivity contribution >= 4 is 18.1 Å². The number of aromatic nitrogens is 2. The average molecular weight is 401 g/mol. The summed E-state index contributed by atoms with van der Waals surface area (Å²) < 4.78 is 6.33. The Balaban J connectivity index is 2.11. The predicted octanol–water partition coefficient (Wildman–Crippen LogP) is 3.68. The number of rotatable bonds is 6. The van der Waals surface area contributed by atoms with Gasteiger partial charge in [0.05, 0.1) is 12.3 Å². The quantitative estimate of drug-likeness (QED) is 0.675. The summed E-state index contributed by atoms with van der Waals surface area (Å²) in [6.07, 6.45) is 3.04. The molecule has 3 aromatic rings. The topological polar surface area (TPSA) is 105 Å². The van der Waals surface area contributed by atoms with Crippen molar-refractivity contribution in [3.05, 3.63) is 86.8 Å². The van der Waals surface area contributed by atoms with Crippen LogP contribution in [-0.4, -0.2) is 27.5 Å². The molecule has 0 saturated carbocycles. The predicted molar refractivity (Wildman–Crippen MR) is 113 cm³/mol. The van der Waals surface area contributed by atoms with Gasteiger partial charge in [0.1, 0.15) is 17.4 Å². The number of hydrogen-bond donors (Lipinski definition) is 1. The first kappa shape index (κ1) is 20.6. The van der Waals surface area contributed by atoms with Gasteiger partial charge in [-0.3, -0.25) is 4.79 Å². The van der Waals surface area contributed by atoms with Crippen LogP contribution in [0.2, 0.25) is 0 Å². The van der Waals surface area contributed by atoms with Crippen LogP contribution in [0.15, 0.2) is 53.3 Å². The number of aromatic carboxylic acids is 1. The highest BCUT2D eigenvalue weighted by Crippen LogP contribution is 2.18. The van der Waals surface area contributed by atoms with Crippen LogP contribution in [0.1, 0.15) is 39.7 Å². The molecule has 1 aromatic heterocycles. The van der Waals surface area contributed by atoms with Gasteiger partial charge in [-0.15, -0.1) is 0 Å². The third-order valence-corrected chi connectivity index (χ3v) is 4.36. The Morgan fingerprint density at radius 2 is 1.83 bits per heavy atom. The highest BCUT2D eigenvalue weighted by Gasteiger charge is 2.21. The van der Waals surface area contributed by atoms with Gasteiger partial charge in [0.15, 0.2) is 5.69 Å². The standard InChI is InChI=1S/C23H19N3O4/c1-3-30-18-11-6-16(7-12-18)8-13-19-20(14-24)22(27)26(25-21(19)23(28)29)17-9-4-15(2)5-10-17/h4-13H,3H2,1-2H3,(H,28,29)/b13-8-. The highest BCUT2D eigenvalue weighted by atomic mass is 16.5. The molecule has 1 heterocycles. The minimum Gasteiger partial charge on any atom is -0.494 e. The summed E-state index contributed by atoms with van der Waals surface area (Å²) >= 11 is 0. The second-order valence-electron chi connectivity index (χ2n) is 6.44. The monoisotopic (exact) mass is 401 g/mol. The Labute approximate surface area is 173 Å². The smallest absolute Gasteiger partial charge is 0.357 e. The Morgan fingerprint density at radius 1 is 1.17 bits per heavy atom. The number of carbonyl (C=O) groups is 1. The summed E-state index contributed by atoms with van der Waals surface area (Å²) in [5.74, 6) is -0.625. The van der Waals surface area contributed by atoms with Crippen molar-refractivity contribution in [1.29, 1.82) is 5.26 Å². The highest BCUT2D eigenvalue weighted by molar-refractivity contribution is 5.92. The lowest BCUT2D eigenvalue weighted by Crippen LogP contribution is -2.28. The summed E-state index contributed by atoms with van der Waals surface area (Å²) in [6.45, 7) is 4.32.